The van der Waals surface area contributed by atoms with E-state index < -0.39 is 11.9 Å². The first-order chi connectivity index (χ1) is 13.2. The molecule has 1 N–H and O–H groups in total. The number of rotatable bonds is 3. The summed E-state index contributed by atoms with van der Waals surface area (Å²) >= 11 is 1.29. The maximum Gasteiger partial charge on any atom is 0.433 e. The van der Waals surface area contributed by atoms with Gasteiger partial charge in [0.05, 0.1) is 28.5 Å². The maximum absolute atomic E-state index is 12.6. The summed E-state index contributed by atoms with van der Waals surface area (Å²) in [6.45, 7) is 4.85. The molecule has 3 aromatic rings. The number of anilines is 1. The van der Waals surface area contributed by atoms with Gasteiger partial charge in [-0.3, -0.25) is 4.79 Å². The summed E-state index contributed by atoms with van der Waals surface area (Å²) in [7, 11) is 0. The van der Waals surface area contributed by atoms with E-state index in [1.807, 2.05) is 24.8 Å². The molecule has 0 radical (unpaired) electrons. The quantitative estimate of drug-likeness (QED) is 0.721. The van der Waals surface area contributed by atoms with Crippen molar-refractivity contribution in [3.63, 3.8) is 0 Å². The normalized spacial score (nSPS) is 15.0. The van der Waals surface area contributed by atoms with Crippen molar-refractivity contribution in [1.29, 1.82) is 0 Å². The van der Waals surface area contributed by atoms with Crippen molar-refractivity contribution in [3.8, 4) is 0 Å². The molecule has 10 heteroatoms. The third kappa shape index (κ3) is 3.39. The SMILES string of the molecule is Cc1nnc2sc(C(=O)NC3CN(c4ccc(C(F)(F)F)nc4)C3)cc2c1C. The summed E-state index contributed by atoms with van der Waals surface area (Å²) in [5.41, 5.74) is 1.52. The number of halogens is 3. The third-order valence-electron chi connectivity index (χ3n) is 4.79. The Bertz CT molecular complexity index is 1040. The first-order valence-electron chi connectivity index (χ1n) is 8.55. The Morgan fingerprint density at radius 2 is 2.00 bits per heavy atom. The lowest BCUT2D eigenvalue weighted by Gasteiger charge is -2.41. The molecule has 1 amide bonds. The number of amides is 1. The Hall–Kier alpha value is -2.75. The fourth-order valence-electron chi connectivity index (χ4n) is 3.00. The van der Waals surface area contributed by atoms with E-state index >= 15 is 0 Å². The van der Waals surface area contributed by atoms with Crippen LogP contribution in [0.15, 0.2) is 24.4 Å². The van der Waals surface area contributed by atoms with Crippen LogP contribution >= 0.6 is 11.3 Å². The van der Waals surface area contributed by atoms with Gasteiger partial charge in [-0.05, 0) is 37.6 Å². The highest BCUT2D eigenvalue weighted by atomic mass is 32.1. The Balaban J connectivity index is 1.38. The van der Waals surface area contributed by atoms with Crippen molar-refractivity contribution >= 4 is 33.1 Å². The molecule has 0 aliphatic carbocycles. The number of pyridine rings is 1. The summed E-state index contributed by atoms with van der Waals surface area (Å²) in [4.78, 5) is 19.1. The van der Waals surface area contributed by atoms with Crippen molar-refractivity contribution in [3.05, 3.63) is 46.2 Å². The van der Waals surface area contributed by atoms with Crippen LogP contribution < -0.4 is 10.2 Å². The molecular weight excluding hydrogens is 391 g/mol. The number of aryl methyl sites for hydroxylation is 2. The average Bonchev–Trinajstić information content (AvgIpc) is 3.05. The minimum atomic E-state index is -4.45. The Morgan fingerprint density at radius 3 is 2.64 bits per heavy atom. The Morgan fingerprint density at radius 1 is 1.25 bits per heavy atom. The van der Waals surface area contributed by atoms with Gasteiger partial charge in [0.1, 0.15) is 10.5 Å². The molecule has 3 aromatic heterocycles. The average molecular weight is 407 g/mol. The van der Waals surface area contributed by atoms with Crippen LogP contribution in [0, 0.1) is 13.8 Å². The number of thiophene rings is 1. The number of aromatic nitrogens is 3. The lowest BCUT2D eigenvalue weighted by molar-refractivity contribution is -0.141. The molecule has 4 heterocycles. The van der Waals surface area contributed by atoms with Crippen LogP contribution in [0.2, 0.25) is 0 Å². The summed E-state index contributed by atoms with van der Waals surface area (Å²) in [5, 5.41) is 12.1. The second kappa shape index (κ2) is 6.69. The molecular formula is C18H16F3N5OS. The number of hydrogen-bond acceptors (Lipinski definition) is 6. The Kier molecular flexibility index (Phi) is 4.45. The molecule has 1 fully saturated rings. The molecule has 0 atom stereocenters. The van der Waals surface area contributed by atoms with Crippen LogP contribution in [0.3, 0.4) is 0 Å². The minimum absolute atomic E-state index is 0.0751. The third-order valence-corrected chi connectivity index (χ3v) is 5.81. The highest BCUT2D eigenvalue weighted by molar-refractivity contribution is 7.20. The van der Waals surface area contributed by atoms with E-state index in [0.717, 1.165) is 27.5 Å². The van der Waals surface area contributed by atoms with Crippen LogP contribution in [0.5, 0.6) is 0 Å². The van der Waals surface area contributed by atoms with E-state index in [9.17, 15) is 18.0 Å². The highest BCUT2D eigenvalue weighted by Crippen LogP contribution is 2.30. The summed E-state index contributed by atoms with van der Waals surface area (Å²) in [6.07, 6.45) is -3.24. The first-order valence-corrected chi connectivity index (χ1v) is 9.36. The van der Waals surface area contributed by atoms with Gasteiger partial charge < -0.3 is 10.2 Å². The van der Waals surface area contributed by atoms with Crippen molar-refractivity contribution in [2.75, 3.05) is 18.0 Å². The largest absolute Gasteiger partial charge is 0.433 e. The van der Waals surface area contributed by atoms with E-state index in [4.69, 9.17) is 0 Å². The minimum Gasteiger partial charge on any atom is -0.366 e. The van der Waals surface area contributed by atoms with Crippen molar-refractivity contribution in [1.82, 2.24) is 20.5 Å². The van der Waals surface area contributed by atoms with Crippen LogP contribution in [0.4, 0.5) is 18.9 Å². The van der Waals surface area contributed by atoms with Gasteiger partial charge in [0.25, 0.3) is 5.91 Å². The standard InChI is InChI=1S/C18H16F3N5OS/c1-9-10(2)24-25-17-13(9)5-14(28-17)16(27)23-11-7-26(8-11)12-3-4-15(22-6-12)18(19,20)21/h3-6,11H,7-8H2,1-2H3,(H,23,27). The predicted molar refractivity (Wildman–Crippen MR) is 99.6 cm³/mol. The van der Waals surface area contributed by atoms with Crippen LogP contribution in [-0.4, -0.2) is 40.2 Å². The number of nitrogens with one attached hydrogen (secondary N) is 1. The van der Waals surface area contributed by atoms with Gasteiger partial charge in [-0.1, -0.05) is 0 Å². The monoisotopic (exact) mass is 407 g/mol. The van der Waals surface area contributed by atoms with Gasteiger partial charge in [-0.15, -0.1) is 16.4 Å². The van der Waals surface area contributed by atoms with E-state index in [2.05, 4.69) is 20.5 Å². The van der Waals surface area contributed by atoms with Gasteiger partial charge in [-0.2, -0.15) is 18.3 Å². The highest BCUT2D eigenvalue weighted by Gasteiger charge is 2.33. The van der Waals surface area contributed by atoms with Gasteiger partial charge in [0.15, 0.2) is 0 Å². The fraction of sp³-hybridized carbons (Fsp3) is 0.333. The van der Waals surface area contributed by atoms with Crippen molar-refractivity contribution in [2.24, 2.45) is 0 Å². The summed E-state index contributed by atoms with van der Waals surface area (Å²) in [5.74, 6) is -0.185. The van der Waals surface area contributed by atoms with E-state index in [1.54, 1.807) is 0 Å². The number of fused-ring (bicyclic) bond motifs is 1. The number of carbonyl (C=O) groups is 1. The molecule has 146 valence electrons. The zero-order chi connectivity index (χ0) is 20.1. The van der Waals surface area contributed by atoms with Crippen LogP contribution in [0.25, 0.3) is 10.2 Å². The molecule has 0 unspecified atom stereocenters. The number of carbonyl (C=O) groups excluding carboxylic acids is 1. The number of hydrogen-bond donors (Lipinski definition) is 1. The number of nitrogens with zero attached hydrogens (tertiary/aromatic N) is 4. The molecule has 1 aliphatic heterocycles. The molecule has 0 spiro atoms. The number of alkyl halides is 3. The lowest BCUT2D eigenvalue weighted by atomic mass is 10.1. The zero-order valence-electron chi connectivity index (χ0n) is 15.0. The van der Waals surface area contributed by atoms with Crippen molar-refractivity contribution in [2.45, 2.75) is 26.1 Å². The fourth-order valence-corrected chi connectivity index (χ4v) is 3.94. The molecule has 28 heavy (non-hydrogen) atoms. The van der Waals surface area contributed by atoms with Gasteiger partial charge >= 0.3 is 6.18 Å². The molecule has 0 bridgehead atoms. The molecule has 0 aromatic carbocycles. The maximum atomic E-state index is 12.6. The first kappa shape index (κ1) is 18.6. The van der Waals surface area contributed by atoms with Crippen molar-refractivity contribution < 1.29 is 18.0 Å². The molecule has 4 rings (SSSR count). The van der Waals surface area contributed by atoms with Gasteiger partial charge in [-0.25, -0.2) is 4.98 Å². The molecule has 1 saturated heterocycles. The lowest BCUT2D eigenvalue weighted by Crippen LogP contribution is -2.59. The Labute approximate surface area is 162 Å². The van der Waals surface area contributed by atoms with Crippen LogP contribution in [0.1, 0.15) is 26.6 Å². The molecule has 0 saturated carbocycles. The van der Waals surface area contributed by atoms with E-state index in [1.165, 1.54) is 23.6 Å². The second-order valence-electron chi connectivity index (χ2n) is 6.71. The molecule has 1 aliphatic rings. The van der Waals surface area contributed by atoms with Gasteiger partial charge in [0, 0.05) is 18.5 Å². The van der Waals surface area contributed by atoms with Gasteiger partial charge in [0.2, 0.25) is 0 Å². The summed E-state index contributed by atoms with van der Waals surface area (Å²) in [6, 6.07) is 4.10. The van der Waals surface area contributed by atoms with Crippen LogP contribution in [-0.2, 0) is 6.18 Å². The second-order valence-corrected chi connectivity index (χ2v) is 7.75. The topological polar surface area (TPSA) is 71.0 Å². The van der Waals surface area contributed by atoms with E-state index in [0.29, 0.717) is 23.7 Å². The molecule has 6 nitrogen and oxygen atoms in total. The van der Waals surface area contributed by atoms with E-state index in [-0.39, 0.29) is 11.9 Å². The zero-order valence-corrected chi connectivity index (χ0v) is 15.9. The smallest absolute Gasteiger partial charge is 0.366 e. The summed E-state index contributed by atoms with van der Waals surface area (Å²) < 4.78 is 37.7. The predicted octanol–water partition coefficient (Wildman–Crippen LogP) is 3.34.